The molecule has 5 nitrogen and oxygen atoms in total. The van der Waals surface area contributed by atoms with Crippen LogP contribution in [0.15, 0.2) is 0 Å². The first kappa shape index (κ1) is 15.0. The number of piperidine rings is 1. The van der Waals surface area contributed by atoms with E-state index in [0.717, 1.165) is 32.5 Å². The van der Waals surface area contributed by atoms with E-state index in [2.05, 4.69) is 5.32 Å². The van der Waals surface area contributed by atoms with Crippen LogP contribution in [0, 0.1) is 5.92 Å². The molecule has 0 unspecified atom stereocenters. The van der Waals surface area contributed by atoms with Crippen molar-refractivity contribution in [3.8, 4) is 0 Å². The summed E-state index contributed by atoms with van der Waals surface area (Å²) < 4.78 is 0. The van der Waals surface area contributed by atoms with Crippen LogP contribution in [0.5, 0.6) is 0 Å². The fourth-order valence-corrected chi connectivity index (χ4v) is 2.22. The summed E-state index contributed by atoms with van der Waals surface area (Å²) in [5.74, 6) is 0.573. The maximum atomic E-state index is 11.9. The zero-order valence-electron chi connectivity index (χ0n) is 11.7. The van der Waals surface area contributed by atoms with Gasteiger partial charge < -0.3 is 15.1 Å². The summed E-state index contributed by atoms with van der Waals surface area (Å²) in [4.78, 5) is 26.7. The molecule has 1 aliphatic rings. The highest BCUT2D eigenvalue weighted by atomic mass is 16.2. The zero-order valence-corrected chi connectivity index (χ0v) is 11.7. The molecule has 0 aliphatic carbocycles. The monoisotopic (exact) mass is 255 g/mol. The van der Waals surface area contributed by atoms with Gasteiger partial charge in [0.25, 0.3) is 0 Å². The molecule has 1 saturated heterocycles. The Morgan fingerprint density at radius 3 is 2.39 bits per heavy atom. The van der Waals surface area contributed by atoms with E-state index in [1.165, 1.54) is 11.3 Å². The Hall–Kier alpha value is -1.10. The molecule has 0 aromatic rings. The Kier molecular flexibility index (Phi) is 6.12. The standard InChI is InChI=1S/C13H25N3O2/c1-14-7-4-11-5-8-16(9-6-11)13(18)10-12(17)15(2)3/h11,14H,4-10H2,1-3H3. The minimum atomic E-state index is -0.114. The van der Waals surface area contributed by atoms with Crippen LogP contribution in [0.25, 0.3) is 0 Å². The smallest absolute Gasteiger partial charge is 0.232 e. The van der Waals surface area contributed by atoms with Gasteiger partial charge in [-0.1, -0.05) is 0 Å². The SMILES string of the molecule is CNCCC1CCN(C(=O)CC(=O)N(C)C)CC1. The molecule has 0 atom stereocenters. The summed E-state index contributed by atoms with van der Waals surface area (Å²) in [6.07, 6.45) is 3.30. The van der Waals surface area contributed by atoms with E-state index in [9.17, 15) is 9.59 Å². The van der Waals surface area contributed by atoms with Crippen molar-refractivity contribution in [3.63, 3.8) is 0 Å². The highest BCUT2D eigenvalue weighted by Gasteiger charge is 2.24. The van der Waals surface area contributed by atoms with Gasteiger partial charge in [-0.2, -0.15) is 0 Å². The van der Waals surface area contributed by atoms with Gasteiger partial charge in [0, 0.05) is 27.2 Å². The van der Waals surface area contributed by atoms with E-state index in [1.54, 1.807) is 14.1 Å². The van der Waals surface area contributed by atoms with Gasteiger partial charge in [0.1, 0.15) is 6.42 Å². The van der Waals surface area contributed by atoms with Gasteiger partial charge >= 0.3 is 0 Å². The number of hydrogen-bond acceptors (Lipinski definition) is 3. The maximum absolute atomic E-state index is 11.9. The normalized spacial score (nSPS) is 16.7. The van der Waals surface area contributed by atoms with Crippen LogP contribution >= 0.6 is 0 Å². The molecule has 104 valence electrons. The second-order valence-electron chi connectivity index (χ2n) is 5.18. The summed E-state index contributed by atoms with van der Waals surface area (Å²) in [5, 5.41) is 3.16. The van der Waals surface area contributed by atoms with Crippen LogP contribution in [-0.4, -0.2) is 62.4 Å². The second kappa shape index (κ2) is 7.36. The van der Waals surface area contributed by atoms with Crippen LogP contribution in [0.2, 0.25) is 0 Å². The number of likely N-dealkylation sites (tertiary alicyclic amines) is 1. The zero-order chi connectivity index (χ0) is 13.5. The van der Waals surface area contributed by atoms with Gasteiger partial charge in [0.05, 0.1) is 0 Å². The van der Waals surface area contributed by atoms with Gasteiger partial charge in [-0.25, -0.2) is 0 Å². The first-order valence-electron chi connectivity index (χ1n) is 6.67. The molecule has 1 fully saturated rings. The molecule has 1 heterocycles. The maximum Gasteiger partial charge on any atom is 0.232 e. The van der Waals surface area contributed by atoms with Crippen molar-refractivity contribution in [1.29, 1.82) is 0 Å². The summed E-state index contributed by atoms with van der Waals surface area (Å²) in [6, 6.07) is 0. The molecule has 0 saturated carbocycles. The predicted molar refractivity (Wildman–Crippen MR) is 71.2 cm³/mol. The number of hydrogen-bond donors (Lipinski definition) is 1. The number of carbonyl (C=O) groups excluding carboxylic acids is 2. The Morgan fingerprint density at radius 1 is 1.28 bits per heavy atom. The minimum absolute atomic E-state index is 0.00812. The highest BCUT2D eigenvalue weighted by Crippen LogP contribution is 2.20. The van der Waals surface area contributed by atoms with Crippen LogP contribution in [0.1, 0.15) is 25.7 Å². The van der Waals surface area contributed by atoms with E-state index in [0.29, 0.717) is 5.92 Å². The second-order valence-corrected chi connectivity index (χ2v) is 5.18. The summed E-state index contributed by atoms with van der Waals surface area (Å²) in [6.45, 7) is 2.64. The van der Waals surface area contributed by atoms with Crippen molar-refractivity contribution in [2.24, 2.45) is 5.92 Å². The molecule has 0 aromatic heterocycles. The average molecular weight is 255 g/mol. The van der Waals surface area contributed by atoms with Crippen LogP contribution in [0.4, 0.5) is 0 Å². The third-order valence-corrected chi connectivity index (χ3v) is 3.57. The van der Waals surface area contributed by atoms with E-state index in [1.807, 2.05) is 11.9 Å². The van der Waals surface area contributed by atoms with Crippen LogP contribution in [-0.2, 0) is 9.59 Å². The largest absolute Gasteiger partial charge is 0.348 e. The summed E-state index contributed by atoms with van der Waals surface area (Å²) >= 11 is 0. The Balaban J connectivity index is 2.29. The lowest BCUT2D eigenvalue weighted by Gasteiger charge is -2.32. The van der Waals surface area contributed by atoms with Crippen molar-refractivity contribution < 1.29 is 9.59 Å². The Morgan fingerprint density at radius 2 is 1.89 bits per heavy atom. The number of nitrogens with zero attached hydrogens (tertiary/aromatic N) is 2. The van der Waals surface area contributed by atoms with Crippen LogP contribution < -0.4 is 5.32 Å². The van der Waals surface area contributed by atoms with E-state index < -0.39 is 0 Å². The van der Waals surface area contributed by atoms with E-state index in [4.69, 9.17) is 0 Å². The number of rotatable bonds is 5. The van der Waals surface area contributed by atoms with Gasteiger partial charge in [-0.05, 0) is 38.8 Å². The van der Waals surface area contributed by atoms with Crippen molar-refractivity contribution in [3.05, 3.63) is 0 Å². The molecule has 0 aromatic carbocycles. The topological polar surface area (TPSA) is 52.7 Å². The van der Waals surface area contributed by atoms with E-state index in [-0.39, 0.29) is 18.2 Å². The lowest BCUT2D eigenvalue weighted by molar-refractivity contribution is -0.140. The van der Waals surface area contributed by atoms with E-state index >= 15 is 0 Å². The first-order chi connectivity index (χ1) is 8.54. The highest BCUT2D eigenvalue weighted by molar-refractivity contribution is 5.96. The molecule has 5 heteroatoms. The Labute approximate surface area is 110 Å². The third kappa shape index (κ3) is 4.64. The molecule has 0 spiro atoms. The Bertz CT molecular complexity index is 284. The summed E-state index contributed by atoms with van der Waals surface area (Å²) in [5.41, 5.74) is 0. The first-order valence-corrected chi connectivity index (χ1v) is 6.67. The lowest BCUT2D eigenvalue weighted by Crippen LogP contribution is -2.41. The van der Waals surface area contributed by atoms with Gasteiger partial charge in [0.2, 0.25) is 11.8 Å². The lowest BCUT2D eigenvalue weighted by atomic mass is 9.93. The predicted octanol–water partition coefficient (Wildman–Crippen LogP) is 0.313. The van der Waals surface area contributed by atoms with Gasteiger partial charge in [-0.15, -0.1) is 0 Å². The molecule has 0 bridgehead atoms. The molecular weight excluding hydrogens is 230 g/mol. The minimum Gasteiger partial charge on any atom is -0.348 e. The molecule has 1 N–H and O–H groups in total. The van der Waals surface area contributed by atoms with Crippen molar-refractivity contribution in [2.45, 2.75) is 25.7 Å². The fraction of sp³-hybridized carbons (Fsp3) is 0.846. The van der Waals surface area contributed by atoms with Crippen molar-refractivity contribution >= 4 is 11.8 Å². The van der Waals surface area contributed by atoms with Crippen LogP contribution in [0.3, 0.4) is 0 Å². The van der Waals surface area contributed by atoms with Gasteiger partial charge in [-0.3, -0.25) is 9.59 Å². The molecule has 0 radical (unpaired) electrons. The van der Waals surface area contributed by atoms with Crippen molar-refractivity contribution in [2.75, 3.05) is 40.8 Å². The molecule has 2 amide bonds. The summed E-state index contributed by atoms with van der Waals surface area (Å²) in [7, 11) is 5.32. The van der Waals surface area contributed by atoms with Gasteiger partial charge in [0.15, 0.2) is 0 Å². The number of amides is 2. The average Bonchev–Trinajstić information content (AvgIpc) is 2.36. The molecular formula is C13H25N3O2. The number of nitrogens with one attached hydrogen (secondary N) is 1. The third-order valence-electron chi connectivity index (χ3n) is 3.57. The molecule has 1 aliphatic heterocycles. The molecule has 18 heavy (non-hydrogen) atoms. The fourth-order valence-electron chi connectivity index (χ4n) is 2.22. The van der Waals surface area contributed by atoms with Crippen molar-refractivity contribution in [1.82, 2.24) is 15.1 Å². The molecule has 1 rings (SSSR count). The number of carbonyl (C=O) groups is 2. The quantitative estimate of drug-likeness (QED) is 0.720.